The zero-order valence-corrected chi connectivity index (χ0v) is 23.1. The minimum atomic E-state index is -3.94. The summed E-state index contributed by atoms with van der Waals surface area (Å²) in [7, 11) is 2.43. The molecule has 11 nitrogen and oxygen atoms in total. The highest BCUT2D eigenvalue weighted by Gasteiger charge is 2.23. The predicted molar refractivity (Wildman–Crippen MR) is 146 cm³/mol. The first-order valence-electron chi connectivity index (χ1n) is 12.3. The molecule has 0 radical (unpaired) electrons. The predicted octanol–water partition coefficient (Wildman–Crippen LogP) is 2.21. The molecule has 13 heteroatoms. The third-order valence-corrected chi connectivity index (χ3v) is 7.62. The van der Waals surface area contributed by atoms with Crippen LogP contribution in [0, 0.1) is 5.82 Å². The van der Waals surface area contributed by atoms with Crippen molar-refractivity contribution >= 4 is 33.0 Å². The number of ether oxygens (including phenoxy) is 1. The van der Waals surface area contributed by atoms with Crippen LogP contribution in [-0.4, -0.2) is 83.6 Å². The van der Waals surface area contributed by atoms with Crippen LogP contribution in [0.2, 0.25) is 0 Å². The lowest BCUT2D eigenvalue weighted by molar-refractivity contribution is 0.148. The van der Waals surface area contributed by atoms with Gasteiger partial charge >= 0.3 is 11.7 Å². The Balaban J connectivity index is 1.78. The Bertz CT molecular complexity index is 1530. The quantitative estimate of drug-likeness (QED) is 0.401. The van der Waals surface area contributed by atoms with Gasteiger partial charge in [0.1, 0.15) is 11.3 Å². The molecule has 3 aromatic rings. The van der Waals surface area contributed by atoms with Crippen LogP contribution >= 0.6 is 0 Å². The molecule has 210 valence electrons. The van der Waals surface area contributed by atoms with E-state index in [4.69, 9.17) is 9.15 Å². The van der Waals surface area contributed by atoms with Crippen LogP contribution in [0.15, 0.2) is 45.6 Å². The number of carbonyl (C=O) groups is 1. The maximum atomic E-state index is 15.4. The van der Waals surface area contributed by atoms with Gasteiger partial charge in [0.2, 0.25) is 0 Å². The molecule has 1 amide bonds. The maximum absolute atomic E-state index is 15.4. The summed E-state index contributed by atoms with van der Waals surface area (Å²) in [6, 6.07) is 9.15. The summed E-state index contributed by atoms with van der Waals surface area (Å²) in [4.78, 5) is 31.0. The maximum Gasteiger partial charge on any atom is 0.414 e. The van der Waals surface area contributed by atoms with Crippen molar-refractivity contribution in [3.8, 4) is 5.75 Å². The summed E-state index contributed by atoms with van der Waals surface area (Å²) in [6.07, 6.45) is -0.685. The summed E-state index contributed by atoms with van der Waals surface area (Å²) >= 11 is 0. The van der Waals surface area contributed by atoms with Gasteiger partial charge in [0.15, 0.2) is 5.82 Å². The molecule has 1 aliphatic heterocycles. The van der Waals surface area contributed by atoms with Crippen LogP contribution in [0.4, 0.5) is 14.9 Å². The van der Waals surface area contributed by atoms with Crippen molar-refractivity contribution in [3.63, 3.8) is 0 Å². The van der Waals surface area contributed by atoms with Gasteiger partial charge in [-0.1, -0.05) is 12.1 Å². The Labute approximate surface area is 226 Å². The van der Waals surface area contributed by atoms with Crippen molar-refractivity contribution in [2.75, 3.05) is 59.1 Å². The van der Waals surface area contributed by atoms with E-state index in [0.29, 0.717) is 17.5 Å². The van der Waals surface area contributed by atoms with E-state index in [2.05, 4.69) is 19.2 Å². The molecular weight excluding hydrogens is 529 g/mol. The van der Waals surface area contributed by atoms with E-state index >= 15 is 4.39 Å². The van der Waals surface area contributed by atoms with Crippen molar-refractivity contribution in [2.24, 2.45) is 0 Å². The second kappa shape index (κ2) is 11.7. The van der Waals surface area contributed by atoms with Gasteiger partial charge in [-0.3, -0.25) is 9.62 Å². The van der Waals surface area contributed by atoms with Crippen LogP contribution in [0.1, 0.15) is 16.7 Å². The number of anilines is 1. The molecule has 0 atom stereocenters. The number of nitrogens with one attached hydrogen (secondary N) is 2. The molecule has 2 heterocycles. The Hall–Kier alpha value is -3.52. The first kappa shape index (κ1) is 28.5. The van der Waals surface area contributed by atoms with Crippen molar-refractivity contribution in [2.45, 2.75) is 13.0 Å². The molecule has 0 bridgehead atoms. The topological polar surface area (TPSA) is 124 Å². The lowest BCUT2D eigenvalue weighted by atomic mass is 9.97. The zero-order valence-electron chi connectivity index (χ0n) is 22.3. The molecule has 1 aliphatic rings. The number of carbonyl (C=O) groups excluding carboxylic acids is 1. The van der Waals surface area contributed by atoms with Gasteiger partial charge in [0.05, 0.1) is 5.69 Å². The Morgan fingerprint density at radius 2 is 1.85 bits per heavy atom. The summed E-state index contributed by atoms with van der Waals surface area (Å²) in [6.45, 7) is 3.72. The molecule has 0 aliphatic carbocycles. The second-order valence-corrected chi connectivity index (χ2v) is 11.2. The molecular formula is C26H32FN5O6S. The number of piperazine rings is 1. The monoisotopic (exact) mass is 561 g/mol. The Morgan fingerprint density at radius 1 is 1.13 bits per heavy atom. The number of hydrogen-bond donors (Lipinski definition) is 2. The average Bonchev–Trinajstić information content (AvgIpc) is 2.89. The summed E-state index contributed by atoms with van der Waals surface area (Å²) in [5.41, 5.74) is 0.439. The van der Waals surface area contributed by atoms with Gasteiger partial charge < -0.3 is 19.0 Å². The Morgan fingerprint density at radius 3 is 2.51 bits per heavy atom. The van der Waals surface area contributed by atoms with Gasteiger partial charge in [0, 0.05) is 77.3 Å². The summed E-state index contributed by atoms with van der Waals surface area (Å²) in [5, 5.41) is 0.639. The standard InChI is InChI=1S/C26H32FN5O6S/c1-28-39(35,36)29-22-7-5-6-17(24(22)27)14-20-21(16-32-12-10-31(4)11-13-32)19-9-8-18(37-26(34)30(2)3)15-23(19)38-25(20)33/h5-9,15,28-29H,10-14,16H2,1-4H3. The summed E-state index contributed by atoms with van der Waals surface area (Å²) in [5.74, 6) is -0.564. The van der Waals surface area contributed by atoms with Gasteiger partial charge in [-0.2, -0.15) is 8.42 Å². The van der Waals surface area contributed by atoms with E-state index in [1.165, 1.54) is 36.2 Å². The van der Waals surface area contributed by atoms with E-state index in [-0.39, 0.29) is 34.6 Å². The molecule has 1 saturated heterocycles. The molecule has 4 rings (SSSR count). The highest BCUT2D eigenvalue weighted by molar-refractivity contribution is 7.90. The first-order valence-corrected chi connectivity index (χ1v) is 13.8. The third-order valence-electron chi connectivity index (χ3n) is 6.60. The molecule has 1 aromatic heterocycles. The number of nitrogens with zero attached hydrogens (tertiary/aromatic N) is 3. The number of fused-ring (bicyclic) bond motifs is 1. The highest BCUT2D eigenvalue weighted by atomic mass is 32.2. The number of likely N-dealkylation sites (N-methyl/N-ethyl adjacent to an activating group) is 1. The van der Waals surface area contributed by atoms with Crippen LogP contribution in [0.5, 0.6) is 5.75 Å². The second-order valence-electron chi connectivity index (χ2n) is 9.61. The highest BCUT2D eigenvalue weighted by Crippen LogP contribution is 2.29. The molecule has 1 fully saturated rings. The molecule has 2 N–H and O–H groups in total. The fourth-order valence-electron chi connectivity index (χ4n) is 4.31. The van der Waals surface area contributed by atoms with Crippen molar-refractivity contribution in [1.29, 1.82) is 0 Å². The van der Waals surface area contributed by atoms with Crippen LogP contribution < -0.4 is 19.8 Å². The van der Waals surface area contributed by atoms with E-state index in [1.807, 2.05) is 7.05 Å². The van der Waals surface area contributed by atoms with E-state index < -0.39 is 27.7 Å². The van der Waals surface area contributed by atoms with Crippen LogP contribution in [0.25, 0.3) is 11.0 Å². The van der Waals surface area contributed by atoms with Crippen LogP contribution in [-0.2, 0) is 23.2 Å². The minimum Gasteiger partial charge on any atom is -0.422 e. The first-order chi connectivity index (χ1) is 18.5. The van der Waals surface area contributed by atoms with Gasteiger partial charge in [-0.25, -0.2) is 18.7 Å². The zero-order chi connectivity index (χ0) is 28.3. The van der Waals surface area contributed by atoms with Gasteiger partial charge in [-0.05, 0) is 36.4 Å². The SMILES string of the molecule is CNS(=O)(=O)Nc1cccc(Cc2c(CN3CCN(C)CC3)c3ccc(OC(=O)N(C)C)cc3oc2=O)c1F. The molecule has 0 unspecified atom stereocenters. The number of hydrogen-bond acceptors (Lipinski definition) is 8. The fraction of sp³-hybridized carbons (Fsp3) is 0.385. The smallest absolute Gasteiger partial charge is 0.414 e. The van der Waals surface area contributed by atoms with E-state index in [9.17, 15) is 18.0 Å². The molecule has 2 aromatic carbocycles. The van der Waals surface area contributed by atoms with Crippen molar-refractivity contribution < 1.29 is 26.8 Å². The van der Waals surface area contributed by atoms with Gasteiger partial charge in [0.25, 0.3) is 10.2 Å². The summed E-state index contributed by atoms with van der Waals surface area (Å²) < 4.78 is 54.4. The lowest BCUT2D eigenvalue weighted by Crippen LogP contribution is -2.44. The van der Waals surface area contributed by atoms with E-state index in [0.717, 1.165) is 26.2 Å². The van der Waals surface area contributed by atoms with E-state index in [1.54, 1.807) is 26.2 Å². The van der Waals surface area contributed by atoms with Crippen molar-refractivity contribution in [3.05, 3.63) is 69.3 Å². The van der Waals surface area contributed by atoms with Gasteiger partial charge in [-0.15, -0.1) is 0 Å². The minimum absolute atomic E-state index is 0.111. The number of benzene rings is 2. The van der Waals surface area contributed by atoms with Crippen molar-refractivity contribution in [1.82, 2.24) is 19.4 Å². The number of halogens is 1. The molecule has 39 heavy (non-hydrogen) atoms. The fourth-order valence-corrected chi connectivity index (χ4v) is 4.86. The number of rotatable bonds is 8. The number of amides is 1. The molecule has 0 spiro atoms. The normalized spacial score (nSPS) is 14.9. The largest absolute Gasteiger partial charge is 0.422 e. The van der Waals surface area contributed by atoms with Crippen LogP contribution in [0.3, 0.4) is 0 Å². The molecule has 0 saturated carbocycles. The average molecular weight is 562 g/mol. The lowest BCUT2D eigenvalue weighted by Gasteiger charge is -2.33. The third kappa shape index (κ3) is 6.74. The Kier molecular flexibility index (Phi) is 8.54.